The number of benzene rings is 2. The smallest absolute Gasteiger partial charge is 0.350 e. The quantitative estimate of drug-likeness (QED) is 0.464. The average Bonchev–Trinajstić information content (AvgIpc) is 3.22. The highest BCUT2D eigenvalue weighted by Crippen LogP contribution is 2.15. The fourth-order valence-corrected chi connectivity index (χ4v) is 4.22. The van der Waals surface area contributed by atoms with E-state index in [1.54, 1.807) is 17.0 Å². The van der Waals surface area contributed by atoms with E-state index < -0.39 is 5.69 Å². The highest BCUT2D eigenvalue weighted by Gasteiger charge is 2.23. The molecule has 4 aromatic rings. The number of carbonyl (C=O) groups is 2. The molecule has 35 heavy (non-hydrogen) atoms. The van der Waals surface area contributed by atoms with Crippen LogP contribution in [0.5, 0.6) is 0 Å². The molecule has 1 aliphatic heterocycles. The van der Waals surface area contributed by atoms with Gasteiger partial charge in [0.1, 0.15) is 6.54 Å². The second kappa shape index (κ2) is 9.84. The molecule has 5 rings (SSSR count). The van der Waals surface area contributed by atoms with Gasteiger partial charge in [-0.05, 0) is 29.8 Å². The van der Waals surface area contributed by atoms with Crippen molar-refractivity contribution in [3.63, 3.8) is 0 Å². The van der Waals surface area contributed by atoms with E-state index >= 15 is 0 Å². The Morgan fingerprint density at radius 2 is 1.54 bits per heavy atom. The van der Waals surface area contributed by atoms with Crippen LogP contribution in [0.2, 0.25) is 0 Å². The molecule has 2 aromatic carbocycles. The highest BCUT2D eigenvalue weighted by molar-refractivity contribution is 5.94. The highest BCUT2D eigenvalue weighted by atomic mass is 16.2. The van der Waals surface area contributed by atoms with Crippen molar-refractivity contribution in [2.75, 3.05) is 31.1 Å². The number of pyridine rings is 1. The summed E-state index contributed by atoms with van der Waals surface area (Å²) in [6, 6.07) is 22.9. The molecule has 3 heterocycles. The molecule has 2 aromatic heterocycles. The van der Waals surface area contributed by atoms with Gasteiger partial charge in [-0.1, -0.05) is 48.5 Å². The first-order chi connectivity index (χ1) is 17.1. The van der Waals surface area contributed by atoms with Crippen molar-refractivity contribution in [1.82, 2.24) is 24.4 Å². The topological polar surface area (TPSA) is 91.9 Å². The predicted octanol–water partition coefficient (Wildman–Crippen LogP) is 1.77. The van der Waals surface area contributed by atoms with Crippen LogP contribution in [0, 0.1) is 0 Å². The SMILES string of the molecule is O=C(NCc1ccccc1)c1ccc2nn(CC(=O)N3CCN(c4ccccc4)CC3)c(=O)n2c1. The lowest BCUT2D eigenvalue weighted by atomic mass is 10.2. The molecule has 0 unspecified atom stereocenters. The van der Waals surface area contributed by atoms with E-state index in [4.69, 9.17) is 0 Å². The summed E-state index contributed by atoms with van der Waals surface area (Å²) < 4.78 is 2.46. The summed E-state index contributed by atoms with van der Waals surface area (Å²) in [6.07, 6.45) is 1.46. The summed E-state index contributed by atoms with van der Waals surface area (Å²) >= 11 is 0. The number of nitrogens with one attached hydrogen (secondary N) is 1. The van der Waals surface area contributed by atoms with Crippen LogP contribution in [0.4, 0.5) is 5.69 Å². The minimum absolute atomic E-state index is 0.138. The van der Waals surface area contributed by atoms with Gasteiger partial charge >= 0.3 is 5.69 Å². The van der Waals surface area contributed by atoms with Gasteiger partial charge in [0.15, 0.2) is 5.65 Å². The molecule has 1 fully saturated rings. The molecular formula is C26H26N6O3. The predicted molar refractivity (Wildman–Crippen MR) is 132 cm³/mol. The summed E-state index contributed by atoms with van der Waals surface area (Å²) in [5.74, 6) is -0.438. The van der Waals surface area contributed by atoms with Gasteiger partial charge in [-0.2, -0.15) is 0 Å². The molecule has 1 N–H and O–H groups in total. The van der Waals surface area contributed by atoms with Crippen LogP contribution in [-0.2, 0) is 17.9 Å². The number of rotatable bonds is 6. The van der Waals surface area contributed by atoms with E-state index in [2.05, 4.69) is 27.4 Å². The summed E-state index contributed by atoms with van der Waals surface area (Å²) in [4.78, 5) is 42.3. The first-order valence-corrected chi connectivity index (χ1v) is 11.6. The summed E-state index contributed by atoms with van der Waals surface area (Å²) in [7, 11) is 0. The Labute approximate surface area is 202 Å². The molecule has 0 atom stereocenters. The number of carbonyl (C=O) groups excluding carboxylic acids is 2. The van der Waals surface area contributed by atoms with Crippen molar-refractivity contribution in [2.45, 2.75) is 13.1 Å². The summed E-state index contributed by atoms with van der Waals surface area (Å²) in [5, 5.41) is 7.13. The zero-order chi connectivity index (χ0) is 24.2. The van der Waals surface area contributed by atoms with Gasteiger partial charge < -0.3 is 15.1 Å². The Morgan fingerprint density at radius 3 is 2.26 bits per heavy atom. The number of piperazine rings is 1. The van der Waals surface area contributed by atoms with Gasteiger partial charge in [-0.25, -0.2) is 13.9 Å². The molecule has 1 saturated heterocycles. The van der Waals surface area contributed by atoms with Crippen molar-refractivity contribution in [3.8, 4) is 0 Å². The second-order valence-corrected chi connectivity index (χ2v) is 8.46. The number of hydrogen-bond donors (Lipinski definition) is 1. The molecule has 0 saturated carbocycles. The van der Waals surface area contributed by atoms with Gasteiger partial charge in [0.25, 0.3) is 5.91 Å². The van der Waals surface area contributed by atoms with E-state index in [0.717, 1.165) is 29.0 Å². The Kier molecular flexibility index (Phi) is 6.30. The molecular weight excluding hydrogens is 444 g/mol. The first-order valence-electron chi connectivity index (χ1n) is 11.6. The van der Waals surface area contributed by atoms with Crippen molar-refractivity contribution in [3.05, 3.63) is 101 Å². The Balaban J connectivity index is 1.23. The molecule has 178 valence electrons. The monoisotopic (exact) mass is 470 g/mol. The second-order valence-electron chi connectivity index (χ2n) is 8.46. The van der Waals surface area contributed by atoms with Crippen LogP contribution in [0.1, 0.15) is 15.9 Å². The summed E-state index contributed by atoms with van der Waals surface area (Å²) in [5.41, 5.74) is 2.40. The molecule has 0 radical (unpaired) electrons. The van der Waals surface area contributed by atoms with E-state index in [1.807, 2.05) is 48.5 Å². The minimum atomic E-state index is -0.450. The molecule has 0 aliphatic carbocycles. The largest absolute Gasteiger partial charge is 0.368 e. The van der Waals surface area contributed by atoms with Crippen molar-refractivity contribution >= 4 is 23.1 Å². The van der Waals surface area contributed by atoms with Crippen LogP contribution in [0.3, 0.4) is 0 Å². The van der Waals surface area contributed by atoms with Crippen LogP contribution in [-0.4, -0.2) is 57.1 Å². The van der Waals surface area contributed by atoms with Gasteiger partial charge in [0.05, 0.1) is 5.56 Å². The van der Waals surface area contributed by atoms with Crippen LogP contribution >= 0.6 is 0 Å². The zero-order valence-electron chi connectivity index (χ0n) is 19.2. The average molecular weight is 471 g/mol. The normalized spacial score (nSPS) is 13.7. The standard InChI is InChI=1S/C26H26N6O3/c33-24(30-15-13-29(14-16-30)22-9-5-2-6-10-22)19-32-26(35)31-18-21(11-12-23(31)28-32)25(34)27-17-20-7-3-1-4-8-20/h1-12,18H,13-17,19H2,(H,27,34). The number of amides is 2. The summed E-state index contributed by atoms with van der Waals surface area (Å²) in [6.45, 7) is 2.89. The van der Waals surface area contributed by atoms with Crippen LogP contribution < -0.4 is 15.9 Å². The lowest BCUT2D eigenvalue weighted by molar-refractivity contribution is -0.132. The molecule has 2 amide bonds. The first kappa shape index (κ1) is 22.4. The van der Waals surface area contributed by atoms with Gasteiger partial charge in [0, 0.05) is 44.6 Å². The van der Waals surface area contributed by atoms with Gasteiger partial charge in [-0.15, -0.1) is 5.10 Å². The molecule has 0 bridgehead atoms. The number of fused-ring (bicyclic) bond motifs is 1. The Hall–Kier alpha value is -4.40. The molecule has 1 aliphatic rings. The van der Waals surface area contributed by atoms with Crippen molar-refractivity contribution < 1.29 is 9.59 Å². The maximum atomic E-state index is 12.9. The van der Waals surface area contributed by atoms with Crippen molar-refractivity contribution in [2.24, 2.45) is 0 Å². The maximum Gasteiger partial charge on any atom is 0.350 e. The number of aromatic nitrogens is 3. The fraction of sp³-hybridized carbons (Fsp3) is 0.231. The molecule has 9 heteroatoms. The third kappa shape index (κ3) is 4.93. The van der Waals surface area contributed by atoms with Gasteiger partial charge in [-0.3, -0.25) is 9.59 Å². The van der Waals surface area contributed by atoms with E-state index in [-0.39, 0.29) is 18.4 Å². The third-order valence-electron chi connectivity index (χ3n) is 6.17. The van der Waals surface area contributed by atoms with Crippen LogP contribution in [0.25, 0.3) is 5.65 Å². The minimum Gasteiger partial charge on any atom is -0.368 e. The number of nitrogens with zero attached hydrogens (tertiary/aromatic N) is 5. The number of hydrogen-bond acceptors (Lipinski definition) is 5. The Morgan fingerprint density at radius 1 is 0.857 bits per heavy atom. The number of para-hydroxylation sites is 1. The molecule has 0 spiro atoms. The fourth-order valence-electron chi connectivity index (χ4n) is 4.22. The van der Waals surface area contributed by atoms with Crippen molar-refractivity contribution in [1.29, 1.82) is 0 Å². The van der Waals surface area contributed by atoms with E-state index in [1.165, 1.54) is 10.6 Å². The van der Waals surface area contributed by atoms with E-state index in [9.17, 15) is 14.4 Å². The van der Waals surface area contributed by atoms with Gasteiger partial charge in [0.2, 0.25) is 5.91 Å². The van der Waals surface area contributed by atoms with E-state index in [0.29, 0.717) is 30.8 Å². The number of anilines is 1. The lowest BCUT2D eigenvalue weighted by Gasteiger charge is -2.36. The third-order valence-corrected chi connectivity index (χ3v) is 6.17. The zero-order valence-corrected chi connectivity index (χ0v) is 19.2. The lowest BCUT2D eigenvalue weighted by Crippen LogP contribution is -2.50. The maximum absolute atomic E-state index is 12.9. The van der Waals surface area contributed by atoms with Crippen LogP contribution in [0.15, 0.2) is 83.8 Å². The Bertz CT molecular complexity index is 1390. The molecule has 9 nitrogen and oxygen atoms in total.